The number of pyridine rings is 1. The Morgan fingerprint density at radius 1 is 1.09 bits per heavy atom. The molecule has 1 N–H and O–H groups in total. The predicted octanol–water partition coefficient (Wildman–Crippen LogP) is -0.402. The van der Waals surface area contributed by atoms with Crippen molar-refractivity contribution < 1.29 is 21.6 Å². The Morgan fingerprint density at radius 3 is 2.31 bits per heavy atom. The molecule has 0 aliphatic carbocycles. The second-order valence-corrected chi connectivity index (χ2v) is 9.12. The van der Waals surface area contributed by atoms with E-state index in [9.17, 15) is 31.2 Å². The average Bonchev–Trinajstić information content (AvgIpc) is 2.74. The molecule has 176 valence electrons. The first-order valence-electron chi connectivity index (χ1n) is 9.67. The molecule has 0 spiro atoms. The van der Waals surface area contributed by atoms with Gasteiger partial charge in [0.15, 0.2) is 4.90 Å². The number of hydrogen-bond donors (Lipinski definition) is 1. The van der Waals surface area contributed by atoms with Crippen LogP contribution in [0.1, 0.15) is 5.56 Å². The predicted molar refractivity (Wildman–Crippen MR) is 110 cm³/mol. The Labute approximate surface area is 181 Å². The van der Waals surface area contributed by atoms with E-state index in [-0.39, 0.29) is 6.54 Å². The standard InChI is InChI=1S/C18H23F3N6O4S/c1-24-12-14(16(28)25(2)17(24)29)32(30,31)23-5-6-26-7-9-27(10-8-26)15-4-3-13(11-22-15)18(19,20)21/h3-4,11-12,23H,5-10H2,1-2H3. The summed E-state index contributed by atoms with van der Waals surface area (Å²) in [4.78, 5) is 31.1. The largest absolute Gasteiger partial charge is 0.417 e. The number of sulfonamides is 1. The van der Waals surface area contributed by atoms with Crippen LogP contribution in [0.4, 0.5) is 19.0 Å². The van der Waals surface area contributed by atoms with Gasteiger partial charge in [-0.05, 0) is 12.1 Å². The van der Waals surface area contributed by atoms with Crippen molar-refractivity contribution in [3.63, 3.8) is 0 Å². The quantitative estimate of drug-likeness (QED) is 0.604. The van der Waals surface area contributed by atoms with Crippen molar-refractivity contribution in [2.45, 2.75) is 11.1 Å². The van der Waals surface area contributed by atoms with Crippen LogP contribution >= 0.6 is 0 Å². The highest BCUT2D eigenvalue weighted by Gasteiger charge is 2.31. The molecule has 0 radical (unpaired) electrons. The molecular formula is C18H23F3N6O4S. The lowest BCUT2D eigenvalue weighted by Gasteiger charge is -2.35. The lowest BCUT2D eigenvalue weighted by Crippen LogP contribution is -2.49. The van der Waals surface area contributed by atoms with Crippen LogP contribution in [0, 0.1) is 0 Å². The van der Waals surface area contributed by atoms with Crippen molar-refractivity contribution in [2.75, 3.05) is 44.2 Å². The maximum atomic E-state index is 12.7. The summed E-state index contributed by atoms with van der Waals surface area (Å²) in [5.74, 6) is 0.448. The van der Waals surface area contributed by atoms with E-state index in [2.05, 4.69) is 9.71 Å². The minimum absolute atomic E-state index is 0.0485. The van der Waals surface area contributed by atoms with Gasteiger partial charge in [0.1, 0.15) is 5.82 Å². The molecule has 0 unspecified atom stereocenters. The average molecular weight is 476 g/mol. The molecule has 3 rings (SSSR count). The number of rotatable bonds is 6. The van der Waals surface area contributed by atoms with Crippen LogP contribution in [0.15, 0.2) is 39.0 Å². The van der Waals surface area contributed by atoms with E-state index < -0.39 is 37.9 Å². The summed E-state index contributed by atoms with van der Waals surface area (Å²) < 4.78 is 67.1. The smallest absolute Gasteiger partial charge is 0.354 e. The molecule has 0 bridgehead atoms. The van der Waals surface area contributed by atoms with Gasteiger partial charge in [-0.3, -0.25) is 14.3 Å². The maximum Gasteiger partial charge on any atom is 0.417 e. The van der Waals surface area contributed by atoms with Gasteiger partial charge in [0, 0.05) is 65.8 Å². The number of aromatic nitrogens is 3. The van der Waals surface area contributed by atoms with Crippen molar-refractivity contribution in [2.24, 2.45) is 14.1 Å². The molecule has 0 amide bonds. The molecule has 0 atom stereocenters. The zero-order valence-corrected chi connectivity index (χ0v) is 18.3. The first-order valence-corrected chi connectivity index (χ1v) is 11.2. The lowest BCUT2D eigenvalue weighted by molar-refractivity contribution is -0.137. The third-order valence-corrected chi connectivity index (χ3v) is 6.64. The molecule has 0 aromatic carbocycles. The summed E-state index contributed by atoms with van der Waals surface area (Å²) in [5.41, 5.74) is -2.34. The molecule has 1 aliphatic heterocycles. The Morgan fingerprint density at radius 2 is 1.75 bits per heavy atom. The Kier molecular flexibility index (Phi) is 6.76. The summed E-state index contributed by atoms with van der Waals surface area (Å²) in [7, 11) is -1.55. The highest BCUT2D eigenvalue weighted by molar-refractivity contribution is 7.89. The second-order valence-electron chi connectivity index (χ2n) is 7.38. The molecule has 1 fully saturated rings. The number of aryl methyl sites for hydroxylation is 1. The lowest BCUT2D eigenvalue weighted by atomic mass is 10.2. The zero-order chi connectivity index (χ0) is 23.7. The third-order valence-electron chi connectivity index (χ3n) is 5.20. The van der Waals surface area contributed by atoms with Gasteiger partial charge in [-0.2, -0.15) is 13.2 Å². The number of anilines is 1. The van der Waals surface area contributed by atoms with Crippen LogP contribution in [-0.4, -0.2) is 66.7 Å². The molecule has 2 aromatic heterocycles. The fourth-order valence-electron chi connectivity index (χ4n) is 3.32. The maximum absolute atomic E-state index is 12.7. The molecule has 3 heterocycles. The van der Waals surface area contributed by atoms with Gasteiger partial charge in [-0.1, -0.05) is 0 Å². The number of alkyl halides is 3. The molecule has 14 heteroatoms. The summed E-state index contributed by atoms with van der Waals surface area (Å²) >= 11 is 0. The Bertz CT molecular complexity index is 1180. The van der Waals surface area contributed by atoms with Crippen molar-refractivity contribution in [1.82, 2.24) is 23.7 Å². The fraction of sp³-hybridized carbons (Fsp3) is 0.500. The van der Waals surface area contributed by atoms with E-state index in [1.807, 2.05) is 9.80 Å². The number of halogens is 3. The number of piperazine rings is 1. The summed E-state index contributed by atoms with van der Waals surface area (Å²) in [6.45, 7) is 2.59. The number of nitrogens with zero attached hydrogens (tertiary/aromatic N) is 5. The van der Waals surface area contributed by atoms with E-state index >= 15 is 0 Å². The zero-order valence-electron chi connectivity index (χ0n) is 17.5. The van der Waals surface area contributed by atoms with Crippen LogP contribution in [0.25, 0.3) is 0 Å². The van der Waals surface area contributed by atoms with Gasteiger partial charge in [-0.15, -0.1) is 0 Å². The van der Waals surface area contributed by atoms with Gasteiger partial charge < -0.3 is 9.47 Å². The van der Waals surface area contributed by atoms with Crippen LogP contribution < -0.4 is 20.9 Å². The van der Waals surface area contributed by atoms with Crippen LogP contribution in [0.5, 0.6) is 0 Å². The monoisotopic (exact) mass is 476 g/mol. The second kappa shape index (κ2) is 9.03. The van der Waals surface area contributed by atoms with Crippen molar-refractivity contribution >= 4 is 15.8 Å². The van der Waals surface area contributed by atoms with Gasteiger partial charge in [-0.25, -0.2) is 22.9 Å². The number of hydrogen-bond acceptors (Lipinski definition) is 7. The van der Waals surface area contributed by atoms with E-state index in [4.69, 9.17) is 0 Å². The first-order chi connectivity index (χ1) is 14.9. The third kappa shape index (κ3) is 5.19. The highest BCUT2D eigenvalue weighted by Crippen LogP contribution is 2.29. The Hall–Kier alpha value is -2.71. The van der Waals surface area contributed by atoms with Crippen LogP contribution in [-0.2, 0) is 30.3 Å². The first kappa shape index (κ1) is 23.9. The minimum Gasteiger partial charge on any atom is -0.354 e. The van der Waals surface area contributed by atoms with Crippen molar-refractivity contribution in [3.8, 4) is 0 Å². The summed E-state index contributed by atoms with van der Waals surface area (Å²) in [5, 5.41) is 0. The molecular weight excluding hydrogens is 453 g/mol. The van der Waals surface area contributed by atoms with E-state index in [0.29, 0.717) is 38.5 Å². The van der Waals surface area contributed by atoms with Gasteiger partial charge in [0.25, 0.3) is 5.56 Å². The molecule has 1 saturated heterocycles. The molecule has 2 aromatic rings. The molecule has 1 aliphatic rings. The highest BCUT2D eigenvalue weighted by atomic mass is 32.2. The normalized spacial score (nSPS) is 15.8. The topological polar surface area (TPSA) is 110 Å². The summed E-state index contributed by atoms with van der Waals surface area (Å²) in [6, 6.07) is 2.33. The minimum atomic E-state index is -4.43. The van der Waals surface area contributed by atoms with E-state index in [0.717, 1.165) is 27.6 Å². The molecule has 32 heavy (non-hydrogen) atoms. The Balaban J connectivity index is 1.53. The van der Waals surface area contributed by atoms with Crippen LogP contribution in [0.3, 0.4) is 0 Å². The summed E-state index contributed by atoms with van der Waals surface area (Å²) in [6.07, 6.45) is -2.64. The van der Waals surface area contributed by atoms with E-state index in [1.165, 1.54) is 20.2 Å². The molecule has 10 nitrogen and oxygen atoms in total. The van der Waals surface area contributed by atoms with Gasteiger partial charge >= 0.3 is 11.9 Å². The van der Waals surface area contributed by atoms with E-state index in [1.54, 1.807) is 0 Å². The van der Waals surface area contributed by atoms with Gasteiger partial charge in [0.2, 0.25) is 10.0 Å². The SMILES string of the molecule is Cn1cc(S(=O)(=O)NCCN2CCN(c3ccc(C(F)(F)F)cn3)CC2)c(=O)n(C)c1=O. The van der Waals surface area contributed by atoms with Gasteiger partial charge in [0.05, 0.1) is 5.56 Å². The van der Waals surface area contributed by atoms with Crippen molar-refractivity contribution in [3.05, 3.63) is 50.9 Å². The number of nitrogens with one attached hydrogen (secondary N) is 1. The fourth-order valence-corrected chi connectivity index (χ4v) is 4.50. The van der Waals surface area contributed by atoms with Crippen LogP contribution in [0.2, 0.25) is 0 Å². The van der Waals surface area contributed by atoms with Crippen molar-refractivity contribution in [1.29, 1.82) is 0 Å². The molecule has 0 saturated carbocycles.